The minimum Gasteiger partial charge on any atom is -0.293 e. The molecule has 0 aliphatic rings. The number of Topliss-reactive ketones (excluding diaryl/α,β-unsaturated/α-hetero) is 1. The smallest absolute Gasteiger partial charge is 0.177 e. The lowest BCUT2D eigenvalue weighted by Gasteiger charge is -1.99. The topological polar surface area (TPSA) is 17.1 Å². The maximum Gasteiger partial charge on any atom is 0.177 e. The van der Waals surface area contributed by atoms with E-state index >= 15 is 0 Å². The molecular weight excluding hydrogens is 387 g/mol. The van der Waals surface area contributed by atoms with E-state index < -0.39 is 0 Å². The zero-order valence-corrected chi connectivity index (χ0v) is 13.3. The lowest BCUT2D eigenvalue weighted by molar-refractivity contribution is 0.0997. The highest BCUT2D eigenvalue weighted by molar-refractivity contribution is 9.10. The number of carbonyl (C=O) groups is 1. The van der Waals surface area contributed by atoms with E-state index in [0.717, 1.165) is 14.5 Å². The van der Waals surface area contributed by atoms with E-state index in [-0.39, 0.29) is 5.78 Å². The number of benzene rings is 1. The molecule has 0 fully saturated rings. The van der Waals surface area contributed by atoms with Crippen LogP contribution in [0.25, 0.3) is 0 Å². The van der Waals surface area contributed by atoms with Gasteiger partial charge in [0.15, 0.2) is 5.78 Å². The Balaban J connectivity index is 2.14. The van der Waals surface area contributed by atoms with Gasteiger partial charge in [-0.15, -0.1) is 11.3 Å². The molecule has 5 heteroatoms. The first kappa shape index (κ1) is 13.3. The maximum absolute atomic E-state index is 12.0. The Morgan fingerprint density at radius 1 is 1.24 bits per heavy atom. The normalized spacial score (nSPS) is 10.5. The van der Waals surface area contributed by atoms with Crippen molar-refractivity contribution in [3.8, 4) is 0 Å². The molecule has 1 nitrogen and oxygen atoms in total. The summed E-state index contributed by atoms with van der Waals surface area (Å²) < 4.78 is 2.41. The van der Waals surface area contributed by atoms with Crippen LogP contribution in [-0.2, 0) is 6.42 Å². The first-order chi connectivity index (χ1) is 8.06. The van der Waals surface area contributed by atoms with Gasteiger partial charge in [0.1, 0.15) is 4.34 Å². The second-order valence-electron chi connectivity index (χ2n) is 3.46. The lowest BCUT2D eigenvalue weighted by Crippen LogP contribution is -2.00. The molecule has 0 atom stereocenters. The van der Waals surface area contributed by atoms with Crippen LogP contribution in [-0.4, -0.2) is 5.78 Å². The maximum atomic E-state index is 12.0. The van der Waals surface area contributed by atoms with Gasteiger partial charge in [-0.3, -0.25) is 4.79 Å². The van der Waals surface area contributed by atoms with Gasteiger partial charge in [0, 0.05) is 15.4 Å². The number of thiophene rings is 1. The second kappa shape index (κ2) is 5.65. The Morgan fingerprint density at radius 3 is 2.41 bits per heavy atom. The molecule has 0 amide bonds. The Morgan fingerprint density at radius 2 is 1.88 bits per heavy atom. The van der Waals surface area contributed by atoms with Gasteiger partial charge in [0.05, 0.1) is 4.88 Å². The molecule has 2 rings (SSSR count). The SMILES string of the molecule is O=C(Cc1ccc(Br)cc1)c1cc(Br)c(Cl)s1. The van der Waals surface area contributed by atoms with Crippen molar-refractivity contribution < 1.29 is 4.79 Å². The Bertz CT molecular complexity index is 529. The van der Waals surface area contributed by atoms with E-state index in [2.05, 4.69) is 31.9 Å². The fourth-order valence-electron chi connectivity index (χ4n) is 1.36. The minimum absolute atomic E-state index is 0.0879. The first-order valence-corrected chi connectivity index (χ1v) is 7.57. The van der Waals surface area contributed by atoms with Crippen LogP contribution in [0.5, 0.6) is 0 Å². The first-order valence-electron chi connectivity index (χ1n) is 4.79. The highest BCUT2D eigenvalue weighted by Gasteiger charge is 2.12. The predicted molar refractivity (Wildman–Crippen MR) is 79.2 cm³/mol. The van der Waals surface area contributed by atoms with Gasteiger partial charge >= 0.3 is 0 Å². The summed E-state index contributed by atoms with van der Waals surface area (Å²) in [5, 5.41) is 0. The zero-order chi connectivity index (χ0) is 12.4. The summed E-state index contributed by atoms with van der Waals surface area (Å²) in [5.41, 5.74) is 0.999. The van der Waals surface area contributed by atoms with Crippen LogP contribution in [0.1, 0.15) is 15.2 Å². The van der Waals surface area contributed by atoms with E-state index in [0.29, 0.717) is 15.6 Å². The standard InChI is InChI=1S/C12H7Br2ClOS/c13-8-3-1-7(2-4-8)5-10(16)11-6-9(14)12(15)17-11/h1-4,6H,5H2. The zero-order valence-electron chi connectivity index (χ0n) is 8.54. The van der Waals surface area contributed by atoms with E-state index in [1.807, 2.05) is 24.3 Å². The third-order valence-electron chi connectivity index (χ3n) is 2.20. The molecular formula is C12H7Br2ClOS. The van der Waals surface area contributed by atoms with E-state index in [9.17, 15) is 4.79 Å². The number of ketones is 1. The number of hydrogen-bond donors (Lipinski definition) is 0. The Labute approximate surface area is 125 Å². The molecule has 1 heterocycles. The van der Waals surface area contributed by atoms with E-state index in [1.54, 1.807) is 6.07 Å². The van der Waals surface area contributed by atoms with Crippen molar-refractivity contribution >= 4 is 60.6 Å². The monoisotopic (exact) mass is 392 g/mol. The quantitative estimate of drug-likeness (QED) is 0.641. The number of hydrogen-bond acceptors (Lipinski definition) is 2. The fraction of sp³-hybridized carbons (Fsp3) is 0.0833. The van der Waals surface area contributed by atoms with Crippen molar-refractivity contribution in [2.45, 2.75) is 6.42 Å². The molecule has 0 aliphatic carbocycles. The summed E-state index contributed by atoms with van der Waals surface area (Å²) >= 11 is 13.9. The molecule has 0 saturated heterocycles. The van der Waals surface area contributed by atoms with Crippen LogP contribution in [0.4, 0.5) is 0 Å². The van der Waals surface area contributed by atoms with Gasteiger partial charge < -0.3 is 0 Å². The number of rotatable bonds is 3. The Hall–Kier alpha value is -0.160. The van der Waals surface area contributed by atoms with E-state index in [1.165, 1.54) is 11.3 Å². The van der Waals surface area contributed by atoms with Crippen LogP contribution in [0, 0.1) is 0 Å². The largest absolute Gasteiger partial charge is 0.293 e. The molecule has 0 spiro atoms. The fourth-order valence-corrected chi connectivity index (χ4v) is 3.26. The molecule has 17 heavy (non-hydrogen) atoms. The summed E-state index contributed by atoms with van der Waals surface area (Å²) in [5.74, 6) is 0.0879. The van der Waals surface area contributed by atoms with Crippen LogP contribution in [0.2, 0.25) is 4.34 Å². The van der Waals surface area contributed by atoms with Gasteiger partial charge in [0.25, 0.3) is 0 Å². The molecule has 0 aliphatic heterocycles. The van der Waals surface area contributed by atoms with Crippen molar-refractivity contribution in [3.63, 3.8) is 0 Å². The van der Waals surface area contributed by atoms with Crippen molar-refractivity contribution in [2.75, 3.05) is 0 Å². The van der Waals surface area contributed by atoms with Crippen molar-refractivity contribution in [2.24, 2.45) is 0 Å². The molecule has 88 valence electrons. The van der Waals surface area contributed by atoms with E-state index in [4.69, 9.17) is 11.6 Å². The minimum atomic E-state index is 0.0879. The highest BCUT2D eigenvalue weighted by Crippen LogP contribution is 2.32. The van der Waals surface area contributed by atoms with Gasteiger partial charge in [-0.05, 0) is 39.7 Å². The summed E-state index contributed by atoms with van der Waals surface area (Å²) in [6.45, 7) is 0. The predicted octanol–water partition coefficient (Wildman–Crippen LogP) is 5.35. The van der Waals surface area contributed by atoms with Crippen molar-refractivity contribution in [3.05, 3.63) is 54.1 Å². The molecule has 0 bridgehead atoms. The molecule has 1 aromatic heterocycles. The van der Waals surface area contributed by atoms with Crippen molar-refractivity contribution in [1.29, 1.82) is 0 Å². The average molecular weight is 395 g/mol. The molecule has 0 radical (unpaired) electrons. The average Bonchev–Trinajstić information content (AvgIpc) is 2.63. The second-order valence-corrected chi connectivity index (χ2v) is 6.88. The Kier molecular flexibility index (Phi) is 4.42. The number of halogens is 3. The molecule has 0 unspecified atom stereocenters. The van der Waals surface area contributed by atoms with Gasteiger partial charge in [0.2, 0.25) is 0 Å². The van der Waals surface area contributed by atoms with Gasteiger partial charge in [-0.2, -0.15) is 0 Å². The highest BCUT2D eigenvalue weighted by atomic mass is 79.9. The van der Waals surface area contributed by atoms with Crippen LogP contribution < -0.4 is 0 Å². The molecule has 1 aromatic carbocycles. The van der Waals surface area contributed by atoms with Crippen LogP contribution in [0.15, 0.2) is 39.3 Å². The van der Waals surface area contributed by atoms with Crippen LogP contribution >= 0.6 is 54.8 Å². The van der Waals surface area contributed by atoms with Crippen LogP contribution in [0.3, 0.4) is 0 Å². The summed E-state index contributed by atoms with van der Waals surface area (Å²) in [4.78, 5) is 12.7. The third kappa shape index (κ3) is 3.41. The van der Waals surface area contributed by atoms with Gasteiger partial charge in [-0.1, -0.05) is 39.7 Å². The summed E-state index contributed by atoms with van der Waals surface area (Å²) in [6.07, 6.45) is 0.399. The number of carbonyl (C=O) groups excluding carboxylic acids is 1. The lowest BCUT2D eigenvalue weighted by atomic mass is 10.1. The van der Waals surface area contributed by atoms with Gasteiger partial charge in [-0.25, -0.2) is 0 Å². The third-order valence-corrected chi connectivity index (χ3v) is 5.24. The molecule has 0 N–H and O–H groups in total. The molecule has 2 aromatic rings. The van der Waals surface area contributed by atoms with Crippen molar-refractivity contribution in [1.82, 2.24) is 0 Å². The summed E-state index contributed by atoms with van der Waals surface area (Å²) in [7, 11) is 0. The molecule has 0 saturated carbocycles. The summed E-state index contributed by atoms with van der Waals surface area (Å²) in [6, 6.07) is 9.51.